The van der Waals surface area contributed by atoms with E-state index in [9.17, 15) is 4.79 Å². The topological polar surface area (TPSA) is 69.0 Å². The third-order valence-corrected chi connectivity index (χ3v) is 5.02. The third-order valence-electron chi connectivity index (χ3n) is 3.75. The molecule has 0 fully saturated rings. The normalized spacial score (nSPS) is 11.8. The summed E-state index contributed by atoms with van der Waals surface area (Å²) in [6.07, 6.45) is -0.262. The summed E-state index contributed by atoms with van der Waals surface area (Å²) < 4.78 is 7.73. The molecule has 0 unspecified atom stereocenters. The van der Waals surface area contributed by atoms with Gasteiger partial charge in [0.15, 0.2) is 17.1 Å². The number of hydrogen-bond donors (Lipinski definition) is 1. The van der Waals surface area contributed by atoms with Crippen molar-refractivity contribution in [3.8, 4) is 5.75 Å². The largest absolute Gasteiger partial charge is 0.483 e. The molecular formula is C19H19ClN4O2S. The minimum Gasteiger partial charge on any atom is -0.483 e. The highest BCUT2D eigenvalue weighted by Crippen LogP contribution is 2.23. The molecule has 1 N–H and O–H groups in total. The third kappa shape index (κ3) is 5.24. The lowest BCUT2D eigenvalue weighted by Crippen LogP contribution is -2.14. The molecule has 3 rings (SSSR count). The van der Waals surface area contributed by atoms with Gasteiger partial charge in [0.2, 0.25) is 5.91 Å². The van der Waals surface area contributed by atoms with Crippen LogP contribution in [0.3, 0.4) is 0 Å². The van der Waals surface area contributed by atoms with E-state index in [2.05, 4.69) is 15.5 Å². The summed E-state index contributed by atoms with van der Waals surface area (Å²) >= 11 is 7.16. The van der Waals surface area contributed by atoms with Gasteiger partial charge in [-0.25, -0.2) is 0 Å². The maximum Gasteiger partial charge on any atom is 0.234 e. The van der Waals surface area contributed by atoms with Crippen molar-refractivity contribution in [3.05, 3.63) is 65.4 Å². The molecule has 3 aromatic rings. The molecule has 0 aliphatic rings. The van der Waals surface area contributed by atoms with Gasteiger partial charge in [0.25, 0.3) is 0 Å². The molecule has 0 aliphatic heterocycles. The van der Waals surface area contributed by atoms with Crippen molar-refractivity contribution in [1.29, 1.82) is 0 Å². The van der Waals surface area contributed by atoms with Crippen molar-refractivity contribution in [2.75, 3.05) is 11.1 Å². The van der Waals surface area contributed by atoms with E-state index in [1.807, 2.05) is 48.9 Å². The van der Waals surface area contributed by atoms with E-state index in [-0.39, 0.29) is 17.8 Å². The first kappa shape index (κ1) is 19.3. The number of rotatable bonds is 7. The summed E-state index contributed by atoms with van der Waals surface area (Å²) in [5.74, 6) is 1.56. The molecule has 27 heavy (non-hydrogen) atoms. The van der Waals surface area contributed by atoms with Crippen LogP contribution in [0.4, 0.5) is 5.69 Å². The number of carbonyl (C=O) groups excluding carboxylic acids is 1. The maximum absolute atomic E-state index is 12.1. The van der Waals surface area contributed by atoms with Crippen molar-refractivity contribution < 1.29 is 9.53 Å². The van der Waals surface area contributed by atoms with E-state index in [1.165, 1.54) is 11.8 Å². The predicted octanol–water partition coefficient (Wildman–Crippen LogP) is 4.34. The van der Waals surface area contributed by atoms with Crippen molar-refractivity contribution in [1.82, 2.24) is 14.8 Å². The Hall–Kier alpha value is -2.51. The number of benzene rings is 2. The molecular weight excluding hydrogens is 384 g/mol. The van der Waals surface area contributed by atoms with Gasteiger partial charge in [0.05, 0.1) is 5.75 Å². The highest BCUT2D eigenvalue weighted by atomic mass is 35.5. The van der Waals surface area contributed by atoms with Crippen LogP contribution in [0.25, 0.3) is 0 Å². The molecule has 1 aromatic heterocycles. The van der Waals surface area contributed by atoms with Crippen molar-refractivity contribution in [2.45, 2.75) is 18.2 Å². The zero-order valence-corrected chi connectivity index (χ0v) is 16.5. The molecule has 1 heterocycles. The summed E-state index contributed by atoms with van der Waals surface area (Å²) in [5.41, 5.74) is 0.702. The highest BCUT2D eigenvalue weighted by Gasteiger charge is 2.18. The number of para-hydroxylation sites is 1. The van der Waals surface area contributed by atoms with E-state index < -0.39 is 0 Å². The summed E-state index contributed by atoms with van der Waals surface area (Å²) in [6, 6.07) is 16.5. The molecule has 0 bridgehead atoms. The summed E-state index contributed by atoms with van der Waals surface area (Å²) in [6.45, 7) is 1.92. The molecule has 0 saturated carbocycles. The Balaban J connectivity index is 1.56. The van der Waals surface area contributed by atoms with Gasteiger partial charge >= 0.3 is 0 Å². The maximum atomic E-state index is 12.1. The smallest absolute Gasteiger partial charge is 0.234 e. The lowest BCUT2D eigenvalue weighted by atomic mass is 10.3. The quantitative estimate of drug-likeness (QED) is 0.595. The first-order valence-electron chi connectivity index (χ1n) is 8.32. The first-order chi connectivity index (χ1) is 13.0. The minimum absolute atomic E-state index is 0.125. The number of nitrogens with one attached hydrogen (secondary N) is 1. The zero-order chi connectivity index (χ0) is 19.2. The Morgan fingerprint density at radius 1 is 1.19 bits per heavy atom. The number of anilines is 1. The van der Waals surface area contributed by atoms with Crippen molar-refractivity contribution >= 4 is 35.0 Å². The Morgan fingerprint density at radius 3 is 2.59 bits per heavy atom. The van der Waals surface area contributed by atoms with Crippen LogP contribution in [0.15, 0.2) is 59.8 Å². The van der Waals surface area contributed by atoms with Crippen molar-refractivity contribution in [2.24, 2.45) is 7.05 Å². The molecule has 2 aromatic carbocycles. The Morgan fingerprint density at radius 2 is 1.89 bits per heavy atom. The minimum atomic E-state index is -0.262. The number of nitrogens with zero attached hydrogens (tertiary/aromatic N) is 3. The van der Waals surface area contributed by atoms with Crippen LogP contribution in [0.2, 0.25) is 5.02 Å². The number of carbonyl (C=O) groups is 1. The van der Waals surface area contributed by atoms with Gasteiger partial charge in [0, 0.05) is 17.8 Å². The van der Waals surface area contributed by atoms with Crippen LogP contribution < -0.4 is 10.1 Å². The lowest BCUT2D eigenvalue weighted by molar-refractivity contribution is -0.113. The van der Waals surface area contributed by atoms with E-state index >= 15 is 0 Å². The van der Waals surface area contributed by atoms with E-state index in [4.69, 9.17) is 16.3 Å². The number of amides is 1. The predicted molar refractivity (Wildman–Crippen MR) is 107 cm³/mol. The molecule has 140 valence electrons. The van der Waals surface area contributed by atoms with Gasteiger partial charge in [-0.15, -0.1) is 10.2 Å². The average Bonchev–Trinajstić information content (AvgIpc) is 3.03. The van der Waals surface area contributed by atoms with Gasteiger partial charge in [-0.05, 0) is 43.3 Å². The highest BCUT2D eigenvalue weighted by molar-refractivity contribution is 7.99. The van der Waals surface area contributed by atoms with E-state index in [1.54, 1.807) is 24.3 Å². The average molecular weight is 403 g/mol. The summed E-state index contributed by atoms with van der Waals surface area (Å²) in [4.78, 5) is 12.1. The molecule has 0 saturated heterocycles. The fraction of sp³-hybridized carbons (Fsp3) is 0.211. The fourth-order valence-electron chi connectivity index (χ4n) is 2.42. The second kappa shape index (κ2) is 8.92. The SMILES string of the molecule is C[C@@H](Oc1ccccc1)c1nnc(SCC(=O)Nc2ccc(Cl)cc2)n1C. The van der Waals surface area contributed by atoms with Gasteiger partial charge in [-0.3, -0.25) is 4.79 Å². The van der Waals surface area contributed by atoms with Crippen LogP contribution in [0.1, 0.15) is 18.9 Å². The van der Waals surface area contributed by atoms with Crippen LogP contribution >= 0.6 is 23.4 Å². The Kier molecular flexibility index (Phi) is 6.36. The second-order valence-electron chi connectivity index (χ2n) is 5.82. The zero-order valence-electron chi connectivity index (χ0n) is 14.9. The first-order valence-corrected chi connectivity index (χ1v) is 9.68. The van der Waals surface area contributed by atoms with E-state index in [0.29, 0.717) is 21.7 Å². The summed E-state index contributed by atoms with van der Waals surface area (Å²) in [5, 5.41) is 12.5. The molecule has 0 aliphatic carbocycles. The summed E-state index contributed by atoms with van der Waals surface area (Å²) in [7, 11) is 1.86. The van der Waals surface area contributed by atoms with Gasteiger partial charge < -0.3 is 14.6 Å². The molecule has 0 spiro atoms. The standard InChI is InChI=1S/C19H19ClN4O2S/c1-13(26-16-6-4-3-5-7-16)18-22-23-19(24(18)2)27-12-17(25)21-15-10-8-14(20)9-11-15/h3-11,13H,12H2,1-2H3,(H,21,25)/t13-/m1/s1. The monoisotopic (exact) mass is 402 g/mol. The molecule has 1 atom stereocenters. The van der Waals surface area contributed by atoms with Crippen LogP contribution in [-0.2, 0) is 11.8 Å². The molecule has 1 amide bonds. The number of hydrogen-bond acceptors (Lipinski definition) is 5. The van der Waals surface area contributed by atoms with Gasteiger partial charge in [-0.1, -0.05) is 41.6 Å². The lowest BCUT2D eigenvalue weighted by Gasteiger charge is -2.14. The fourth-order valence-corrected chi connectivity index (χ4v) is 3.27. The van der Waals surface area contributed by atoms with E-state index in [0.717, 1.165) is 5.75 Å². The molecule has 0 radical (unpaired) electrons. The molecule has 8 heteroatoms. The Labute approximate surface area is 166 Å². The Bertz CT molecular complexity index is 900. The second-order valence-corrected chi connectivity index (χ2v) is 7.20. The molecule has 6 nitrogen and oxygen atoms in total. The van der Waals surface area contributed by atoms with Crippen molar-refractivity contribution in [3.63, 3.8) is 0 Å². The van der Waals surface area contributed by atoms with Crippen LogP contribution in [0, 0.1) is 0 Å². The number of halogens is 1. The van der Waals surface area contributed by atoms with Crippen LogP contribution in [-0.4, -0.2) is 26.4 Å². The van der Waals surface area contributed by atoms with Crippen LogP contribution in [0.5, 0.6) is 5.75 Å². The number of thioether (sulfide) groups is 1. The van der Waals surface area contributed by atoms with Gasteiger partial charge in [0.1, 0.15) is 5.75 Å². The van der Waals surface area contributed by atoms with Gasteiger partial charge in [-0.2, -0.15) is 0 Å². The number of ether oxygens (including phenoxy) is 1. The number of aromatic nitrogens is 3.